The van der Waals surface area contributed by atoms with E-state index in [0.717, 1.165) is 17.5 Å². The first-order valence-electron chi connectivity index (χ1n) is 9.98. The van der Waals surface area contributed by atoms with Gasteiger partial charge in [0.05, 0.1) is 5.56 Å². The van der Waals surface area contributed by atoms with Crippen LogP contribution in [0, 0.1) is 0 Å². The van der Waals surface area contributed by atoms with E-state index in [-0.39, 0.29) is 16.8 Å². The number of carbonyl (C=O) groups excluding carboxylic acids is 1. The predicted octanol–water partition coefficient (Wildman–Crippen LogP) is 6.84. The lowest BCUT2D eigenvalue weighted by molar-refractivity contribution is 0.0734. The number of hydrogen-bond acceptors (Lipinski definition) is 2. The zero-order valence-corrected chi connectivity index (χ0v) is 18.0. The highest BCUT2D eigenvalue weighted by Crippen LogP contribution is 2.30. The number of aryl methyl sites for hydroxylation is 1. The van der Waals surface area contributed by atoms with E-state index in [1.54, 1.807) is 0 Å². The number of benzene rings is 2. The number of rotatable bonds is 5. The summed E-state index contributed by atoms with van der Waals surface area (Å²) in [6.45, 7) is 15.2. The summed E-state index contributed by atoms with van der Waals surface area (Å²) in [6, 6.07) is 14.0. The minimum atomic E-state index is -0.298. The van der Waals surface area contributed by atoms with Crippen LogP contribution in [0.25, 0.3) is 0 Å². The second-order valence-electron chi connectivity index (χ2n) is 9.44. The molecule has 0 spiro atoms. The SMILES string of the molecule is CCCCc1ccc(OC(=O)c2cc(C(C)(C)C)cc(C(C)(C)C)c2)cc1. The van der Waals surface area contributed by atoms with E-state index >= 15 is 0 Å². The van der Waals surface area contributed by atoms with Crippen LogP contribution in [0.5, 0.6) is 5.75 Å². The van der Waals surface area contributed by atoms with Crippen LogP contribution in [0.2, 0.25) is 0 Å². The molecule has 0 unspecified atom stereocenters. The van der Waals surface area contributed by atoms with Crippen molar-refractivity contribution >= 4 is 5.97 Å². The Morgan fingerprint density at radius 3 is 1.81 bits per heavy atom. The summed E-state index contributed by atoms with van der Waals surface area (Å²) in [5.74, 6) is 0.298. The normalized spacial score (nSPS) is 12.1. The van der Waals surface area contributed by atoms with Crippen molar-refractivity contribution in [3.8, 4) is 5.75 Å². The van der Waals surface area contributed by atoms with Gasteiger partial charge in [0.2, 0.25) is 0 Å². The van der Waals surface area contributed by atoms with Gasteiger partial charge in [0, 0.05) is 0 Å². The maximum absolute atomic E-state index is 12.8. The van der Waals surface area contributed by atoms with Crippen molar-refractivity contribution in [3.63, 3.8) is 0 Å². The van der Waals surface area contributed by atoms with Gasteiger partial charge in [-0.3, -0.25) is 0 Å². The molecular formula is C25H34O2. The Kier molecular flexibility index (Phi) is 6.51. The summed E-state index contributed by atoms with van der Waals surface area (Å²) < 4.78 is 5.66. The number of unbranched alkanes of at least 4 members (excludes halogenated alkanes) is 1. The third kappa shape index (κ3) is 5.95. The van der Waals surface area contributed by atoms with Crippen LogP contribution in [0.15, 0.2) is 42.5 Å². The van der Waals surface area contributed by atoms with Crippen LogP contribution in [0.3, 0.4) is 0 Å². The Labute approximate surface area is 165 Å². The van der Waals surface area contributed by atoms with Gasteiger partial charge in [-0.15, -0.1) is 0 Å². The van der Waals surface area contributed by atoms with Gasteiger partial charge in [0.1, 0.15) is 5.75 Å². The molecule has 0 saturated heterocycles. The molecule has 0 aliphatic rings. The Balaban J connectivity index is 2.27. The predicted molar refractivity (Wildman–Crippen MR) is 114 cm³/mol. The first kappa shape index (κ1) is 21.2. The molecule has 0 saturated carbocycles. The minimum Gasteiger partial charge on any atom is -0.423 e. The molecule has 2 nitrogen and oxygen atoms in total. The molecule has 2 aromatic carbocycles. The van der Waals surface area contributed by atoms with Gasteiger partial charge in [-0.1, -0.05) is 73.1 Å². The van der Waals surface area contributed by atoms with Gasteiger partial charge >= 0.3 is 5.97 Å². The van der Waals surface area contributed by atoms with E-state index < -0.39 is 0 Å². The van der Waals surface area contributed by atoms with Gasteiger partial charge in [-0.05, 0) is 64.6 Å². The third-order valence-corrected chi connectivity index (χ3v) is 4.85. The molecule has 0 bridgehead atoms. The van der Waals surface area contributed by atoms with Crippen LogP contribution in [0.1, 0.15) is 88.4 Å². The van der Waals surface area contributed by atoms with Crippen molar-refractivity contribution in [2.75, 3.05) is 0 Å². The standard InChI is InChI=1S/C25H34O2/c1-8-9-10-18-11-13-22(14-12-18)27-23(26)19-15-20(24(2,3)4)17-21(16-19)25(5,6)7/h11-17H,8-10H2,1-7H3. The Bertz CT molecular complexity index is 739. The van der Waals surface area contributed by atoms with Crippen molar-refractivity contribution in [1.29, 1.82) is 0 Å². The van der Waals surface area contributed by atoms with Crippen molar-refractivity contribution < 1.29 is 9.53 Å². The molecule has 0 fully saturated rings. The molecule has 2 aromatic rings. The summed E-state index contributed by atoms with van der Waals surface area (Å²) in [5, 5.41) is 0. The number of carbonyl (C=O) groups is 1. The molecule has 0 heterocycles. The van der Waals surface area contributed by atoms with E-state index in [2.05, 4.69) is 54.5 Å². The minimum absolute atomic E-state index is 0.0305. The number of esters is 1. The molecule has 0 N–H and O–H groups in total. The van der Waals surface area contributed by atoms with E-state index in [0.29, 0.717) is 11.3 Å². The molecule has 0 aliphatic carbocycles. The third-order valence-electron chi connectivity index (χ3n) is 4.85. The second kappa shape index (κ2) is 8.29. The summed E-state index contributed by atoms with van der Waals surface area (Å²) in [4.78, 5) is 12.8. The average Bonchev–Trinajstić information content (AvgIpc) is 2.59. The van der Waals surface area contributed by atoms with Crippen LogP contribution < -0.4 is 4.74 Å². The monoisotopic (exact) mass is 366 g/mol. The summed E-state index contributed by atoms with van der Waals surface area (Å²) >= 11 is 0. The lowest BCUT2D eigenvalue weighted by Gasteiger charge is -2.25. The van der Waals surface area contributed by atoms with Crippen molar-refractivity contribution in [3.05, 3.63) is 64.7 Å². The highest BCUT2D eigenvalue weighted by atomic mass is 16.5. The van der Waals surface area contributed by atoms with E-state index in [4.69, 9.17) is 4.74 Å². The molecule has 27 heavy (non-hydrogen) atoms. The second-order valence-corrected chi connectivity index (χ2v) is 9.44. The zero-order valence-electron chi connectivity index (χ0n) is 18.0. The summed E-state index contributed by atoms with van der Waals surface area (Å²) in [5.41, 5.74) is 4.13. The van der Waals surface area contributed by atoms with Gasteiger partial charge in [0.15, 0.2) is 0 Å². The highest BCUT2D eigenvalue weighted by molar-refractivity contribution is 5.91. The van der Waals surface area contributed by atoms with E-state index in [1.807, 2.05) is 36.4 Å². The topological polar surface area (TPSA) is 26.3 Å². The van der Waals surface area contributed by atoms with E-state index in [1.165, 1.54) is 18.4 Å². The first-order chi connectivity index (χ1) is 12.5. The van der Waals surface area contributed by atoms with Crippen LogP contribution in [-0.4, -0.2) is 5.97 Å². The molecular weight excluding hydrogens is 332 g/mol. The molecule has 0 amide bonds. The summed E-state index contributed by atoms with van der Waals surface area (Å²) in [6.07, 6.45) is 3.42. The maximum atomic E-state index is 12.8. The van der Waals surface area contributed by atoms with Gasteiger partial charge in [-0.25, -0.2) is 4.79 Å². The highest BCUT2D eigenvalue weighted by Gasteiger charge is 2.23. The number of hydrogen-bond donors (Lipinski definition) is 0. The fourth-order valence-corrected chi connectivity index (χ4v) is 2.88. The van der Waals surface area contributed by atoms with Gasteiger partial charge in [-0.2, -0.15) is 0 Å². The van der Waals surface area contributed by atoms with Crippen molar-refractivity contribution in [1.82, 2.24) is 0 Å². The van der Waals surface area contributed by atoms with Gasteiger partial charge < -0.3 is 4.74 Å². The molecule has 2 heteroatoms. The van der Waals surface area contributed by atoms with Crippen LogP contribution in [0.4, 0.5) is 0 Å². The van der Waals surface area contributed by atoms with Gasteiger partial charge in [0.25, 0.3) is 0 Å². The largest absolute Gasteiger partial charge is 0.423 e. The van der Waals surface area contributed by atoms with Crippen LogP contribution >= 0.6 is 0 Å². The first-order valence-corrected chi connectivity index (χ1v) is 9.98. The molecule has 2 rings (SSSR count). The van der Waals surface area contributed by atoms with Crippen molar-refractivity contribution in [2.45, 2.75) is 78.6 Å². The average molecular weight is 367 g/mol. The quantitative estimate of drug-likeness (QED) is 0.427. The lowest BCUT2D eigenvalue weighted by Crippen LogP contribution is -2.19. The Morgan fingerprint density at radius 1 is 0.852 bits per heavy atom. The molecule has 0 aromatic heterocycles. The lowest BCUT2D eigenvalue weighted by atomic mass is 9.79. The van der Waals surface area contributed by atoms with Crippen molar-refractivity contribution in [2.24, 2.45) is 0 Å². The summed E-state index contributed by atoms with van der Waals surface area (Å²) in [7, 11) is 0. The maximum Gasteiger partial charge on any atom is 0.343 e. The smallest absolute Gasteiger partial charge is 0.343 e. The fourth-order valence-electron chi connectivity index (χ4n) is 2.88. The Morgan fingerprint density at radius 2 is 1.37 bits per heavy atom. The molecule has 146 valence electrons. The van der Waals surface area contributed by atoms with E-state index in [9.17, 15) is 4.79 Å². The molecule has 0 aliphatic heterocycles. The molecule has 0 atom stereocenters. The molecule has 0 radical (unpaired) electrons. The number of ether oxygens (including phenoxy) is 1. The van der Waals surface area contributed by atoms with Crippen LogP contribution in [-0.2, 0) is 17.3 Å². The fraction of sp³-hybridized carbons (Fsp3) is 0.480. The Hall–Kier alpha value is -2.09. The zero-order chi connectivity index (χ0) is 20.2.